The van der Waals surface area contributed by atoms with Crippen LogP contribution in [0.15, 0.2) is 30.5 Å². The molecule has 1 heterocycles. The molecular weight excluding hydrogens is 232 g/mol. The first-order valence-corrected chi connectivity index (χ1v) is 5.38. The lowest BCUT2D eigenvalue weighted by atomic mass is 10.2. The zero-order valence-electron chi connectivity index (χ0n) is 10.2. The molecule has 0 fully saturated rings. The minimum Gasteiger partial charge on any atom is -0.491 e. The normalized spacial score (nSPS) is 9.50. The molecule has 1 aromatic carbocycles. The lowest BCUT2D eigenvalue weighted by Gasteiger charge is -2.10. The Morgan fingerprint density at radius 3 is 2.56 bits per heavy atom. The van der Waals surface area contributed by atoms with Gasteiger partial charge in [-0.05, 0) is 38.1 Å². The third-order valence-electron chi connectivity index (χ3n) is 2.12. The van der Waals surface area contributed by atoms with Crippen molar-refractivity contribution in [2.75, 3.05) is 5.73 Å². The largest absolute Gasteiger partial charge is 0.491 e. The highest BCUT2D eigenvalue weighted by molar-refractivity contribution is 5.90. The quantitative estimate of drug-likeness (QED) is 0.876. The van der Waals surface area contributed by atoms with Crippen LogP contribution >= 0.6 is 0 Å². The number of hydrogen-bond acceptors (Lipinski definition) is 5. The van der Waals surface area contributed by atoms with Crippen LogP contribution < -0.4 is 10.5 Å². The van der Waals surface area contributed by atoms with Crippen molar-refractivity contribution in [3.63, 3.8) is 0 Å². The molecule has 0 aliphatic rings. The van der Waals surface area contributed by atoms with Crippen molar-refractivity contribution in [2.24, 2.45) is 0 Å². The number of benzene rings is 1. The maximum atomic E-state index is 8.12. The summed E-state index contributed by atoms with van der Waals surface area (Å²) in [7, 11) is 0. The third-order valence-corrected chi connectivity index (χ3v) is 2.12. The monoisotopic (exact) mass is 246 g/mol. The maximum absolute atomic E-state index is 8.12. The van der Waals surface area contributed by atoms with Crippen LogP contribution in [0.3, 0.4) is 0 Å². The zero-order chi connectivity index (χ0) is 13.5. The van der Waals surface area contributed by atoms with Crippen LogP contribution in [0.5, 0.6) is 5.75 Å². The molecule has 0 saturated heterocycles. The van der Waals surface area contributed by atoms with Crippen molar-refractivity contribution in [1.82, 2.24) is 4.98 Å². The molecule has 2 rings (SSSR count). The van der Waals surface area contributed by atoms with Gasteiger partial charge in [0.1, 0.15) is 5.75 Å². The standard InChI is InChI=1S/C12H14N2O.CO2/c1-8(2)15-9-3-4-12-10(7-9)11(13)5-6-14-12;2-1-3/h3-8H,1-2H3,(H2,13,14);. The highest BCUT2D eigenvalue weighted by Crippen LogP contribution is 2.24. The second-order valence-electron chi connectivity index (χ2n) is 3.83. The molecule has 94 valence electrons. The average Bonchev–Trinajstić information content (AvgIpc) is 2.30. The molecule has 5 nitrogen and oxygen atoms in total. The molecule has 0 amide bonds. The zero-order valence-corrected chi connectivity index (χ0v) is 10.2. The first-order valence-electron chi connectivity index (χ1n) is 5.38. The van der Waals surface area contributed by atoms with Crippen LogP contribution in [0.25, 0.3) is 10.9 Å². The number of fused-ring (bicyclic) bond motifs is 1. The summed E-state index contributed by atoms with van der Waals surface area (Å²) in [6.07, 6.45) is 2.13. The van der Waals surface area contributed by atoms with Gasteiger partial charge in [0, 0.05) is 17.3 Å². The highest BCUT2D eigenvalue weighted by Gasteiger charge is 2.02. The van der Waals surface area contributed by atoms with Crippen molar-refractivity contribution in [3.05, 3.63) is 30.5 Å². The third kappa shape index (κ3) is 3.57. The van der Waals surface area contributed by atoms with E-state index < -0.39 is 0 Å². The van der Waals surface area contributed by atoms with E-state index in [1.165, 1.54) is 0 Å². The van der Waals surface area contributed by atoms with Crippen LogP contribution in [0.2, 0.25) is 0 Å². The van der Waals surface area contributed by atoms with Gasteiger partial charge in [-0.25, -0.2) is 0 Å². The van der Waals surface area contributed by atoms with E-state index in [2.05, 4.69) is 4.98 Å². The summed E-state index contributed by atoms with van der Waals surface area (Å²) in [4.78, 5) is 20.5. The van der Waals surface area contributed by atoms with Gasteiger partial charge < -0.3 is 10.5 Å². The number of nitrogens with zero attached hydrogens (tertiary/aromatic N) is 1. The molecule has 2 N–H and O–H groups in total. The molecule has 18 heavy (non-hydrogen) atoms. The van der Waals surface area contributed by atoms with Gasteiger partial charge in [-0.15, -0.1) is 0 Å². The van der Waals surface area contributed by atoms with Crippen molar-refractivity contribution < 1.29 is 14.3 Å². The number of aromatic nitrogens is 1. The van der Waals surface area contributed by atoms with E-state index in [9.17, 15) is 0 Å². The Morgan fingerprint density at radius 1 is 1.28 bits per heavy atom. The van der Waals surface area contributed by atoms with E-state index in [0.717, 1.165) is 22.3 Å². The molecule has 1 aromatic heterocycles. The van der Waals surface area contributed by atoms with Crippen LogP contribution in [0.4, 0.5) is 5.69 Å². The smallest absolute Gasteiger partial charge is 0.373 e. The molecule has 0 spiro atoms. The summed E-state index contributed by atoms with van der Waals surface area (Å²) in [6.45, 7) is 3.99. The van der Waals surface area contributed by atoms with E-state index in [0.29, 0.717) is 0 Å². The van der Waals surface area contributed by atoms with Crippen LogP contribution in [0, 0.1) is 0 Å². The van der Waals surface area contributed by atoms with Crippen molar-refractivity contribution in [1.29, 1.82) is 0 Å². The molecule has 0 saturated carbocycles. The number of rotatable bonds is 2. The van der Waals surface area contributed by atoms with Crippen LogP contribution in [-0.2, 0) is 9.59 Å². The van der Waals surface area contributed by atoms with Crippen LogP contribution in [-0.4, -0.2) is 17.2 Å². The lowest BCUT2D eigenvalue weighted by Crippen LogP contribution is -2.05. The summed E-state index contributed by atoms with van der Waals surface area (Å²) < 4.78 is 5.59. The Hall–Kier alpha value is -2.39. The molecule has 0 unspecified atom stereocenters. The van der Waals surface area contributed by atoms with Gasteiger partial charge in [-0.2, -0.15) is 9.59 Å². The predicted molar refractivity (Wildman–Crippen MR) is 66.9 cm³/mol. The minimum absolute atomic E-state index is 0.167. The fraction of sp³-hybridized carbons (Fsp3) is 0.231. The Kier molecular flexibility index (Phi) is 4.84. The Labute approximate surface area is 105 Å². The number of pyridine rings is 1. The van der Waals surface area contributed by atoms with Gasteiger partial charge in [0.2, 0.25) is 0 Å². The number of ether oxygens (including phenoxy) is 1. The highest BCUT2D eigenvalue weighted by atomic mass is 16.5. The maximum Gasteiger partial charge on any atom is 0.373 e. The fourth-order valence-electron chi connectivity index (χ4n) is 1.49. The SMILES string of the molecule is CC(C)Oc1ccc2nccc(N)c2c1.O=C=O. The fourth-order valence-corrected chi connectivity index (χ4v) is 1.49. The van der Waals surface area contributed by atoms with Gasteiger partial charge in [-0.1, -0.05) is 0 Å². The molecule has 0 aliphatic carbocycles. The van der Waals surface area contributed by atoms with Crippen molar-refractivity contribution in [2.45, 2.75) is 20.0 Å². The van der Waals surface area contributed by atoms with Crippen molar-refractivity contribution >= 4 is 22.7 Å². The first-order chi connectivity index (χ1) is 8.58. The molecule has 0 atom stereocenters. The molecule has 5 heteroatoms. The summed E-state index contributed by atoms with van der Waals surface area (Å²) in [5.74, 6) is 0.831. The van der Waals surface area contributed by atoms with Gasteiger partial charge in [0.25, 0.3) is 0 Å². The van der Waals surface area contributed by atoms with Gasteiger partial charge in [-0.3, -0.25) is 4.98 Å². The summed E-state index contributed by atoms with van der Waals surface area (Å²) >= 11 is 0. The van der Waals surface area contributed by atoms with Crippen molar-refractivity contribution in [3.8, 4) is 5.75 Å². The van der Waals surface area contributed by atoms with E-state index in [4.69, 9.17) is 20.1 Å². The average molecular weight is 246 g/mol. The Morgan fingerprint density at radius 2 is 1.94 bits per heavy atom. The molecule has 0 bridgehead atoms. The summed E-state index contributed by atoms with van der Waals surface area (Å²) in [5.41, 5.74) is 7.49. The molecule has 0 aliphatic heterocycles. The second-order valence-corrected chi connectivity index (χ2v) is 3.83. The van der Waals surface area contributed by atoms with E-state index in [1.807, 2.05) is 32.0 Å². The topological polar surface area (TPSA) is 82.3 Å². The minimum atomic E-state index is 0.167. The second kappa shape index (κ2) is 6.37. The number of hydrogen-bond donors (Lipinski definition) is 1. The molecule has 0 radical (unpaired) electrons. The molecule has 2 aromatic rings. The number of nitrogens with two attached hydrogens (primary N) is 1. The Balaban J connectivity index is 0.000000492. The summed E-state index contributed by atoms with van der Waals surface area (Å²) in [5, 5.41) is 0.940. The van der Waals surface area contributed by atoms with E-state index in [-0.39, 0.29) is 12.3 Å². The predicted octanol–water partition coefficient (Wildman–Crippen LogP) is 2.02. The number of nitrogen functional groups attached to an aromatic ring is 1. The first kappa shape index (κ1) is 13.7. The Bertz CT molecular complexity index is 561. The molecular formula is C13H14N2O3. The van der Waals surface area contributed by atoms with E-state index in [1.54, 1.807) is 12.3 Å². The van der Waals surface area contributed by atoms with Gasteiger partial charge in [0.15, 0.2) is 0 Å². The summed E-state index contributed by atoms with van der Waals surface area (Å²) in [6, 6.07) is 7.55. The lowest BCUT2D eigenvalue weighted by molar-refractivity contribution is -0.191. The van der Waals surface area contributed by atoms with Crippen LogP contribution in [0.1, 0.15) is 13.8 Å². The number of anilines is 1. The van der Waals surface area contributed by atoms with E-state index >= 15 is 0 Å². The van der Waals surface area contributed by atoms with Gasteiger partial charge in [0.05, 0.1) is 11.6 Å². The van der Waals surface area contributed by atoms with Gasteiger partial charge >= 0.3 is 6.15 Å². The number of carbonyl (C=O) groups excluding carboxylic acids is 2.